The van der Waals surface area contributed by atoms with Crippen LogP contribution in [0.5, 0.6) is 5.75 Å². The molecule has 1 aliphatic heterocycles. The minimum Gasteiger partial charge on any atom is -0.496 e. The number of nitrogens with two attached hydrogens (primary N) is 1. The topological polar surface area (TPSA) is 89.7 Å². The van der Waals surface area contributed by atoms with E-state index >= 15 is 0 Å². The van der Waals surface area contributed by atoms with Crippen LogP contribution in [-0.2, 0) is 21.0 Å². The molecule has 2 rings (SSSR count). The molecule has 1 aromatic carbocycles. The normalized spacial score (nSPS) is 19.3. The monoisotopic (exact) mass is 352 g/mol. The minimum absolute atomic E-state index is 0.0280. The van der Waals surface area contributed by atoms with Gasteiger partial charge in [0.15, 0.2) is 0 Å². The number of halogens is 3. The summed E-state index contributed by atoms with van der Waals surface area (Å²) in [5.74, 6) is -1.63. The van der Waals surface area contributed by atoms with Crippen LogP contribution in [0.25, 0.3) is 0 Å². The van der Waals surface area contributed by atoms with Gasteiger partial charge in [-0.05, 0) is 12.1 Å². The number of methoxy groups -OCH3 is 1. The first-order chi connectivity index (χ1) is 10.5. The molecule has 1 fully saturated rings. The van der Waals surface area contributed by atoms with E-state index in [-0.39, 0.29) is 30.3 Å². The Balaban J connectivity index is 2.27. The molecule has 1 heterocycles. The van der Waals surface area contributed by atoms with E-state index in [9.17, 15) is 26.4 Å². The second kappa shape index (κ2) is 6.00. The van der Waals surface area contributed by atoms with Crippen molar-refractivity contribution in [1.82, 2.24) is 0 Å². The number of hydrogen-bond donors (Lipinski definition) is 1. The first-order valence-electron chi connectivity index (χ1n) is 6.57. The van der Waals surface area contributed by atoms with Gasteiger partial charge in [-0.3, -0.25) is 4.79 Å². The summed E-state index contributed by atoms with van der Waals surface area (Å²) in [7, 11) is -2.63. The lowest BCUT2D eigenvalue weighted by Crippen LogP contribution is -2.27. The van der Waals surface area contributed by atoms with E-state index < -0.39 is 33.4 Å². The lowest BCUT2D eigenvalue weighted by atomic mass is 10.1. The molecule has 0 bridgehead atoms. The molecule has 1 atom stereocenters. The highest BCUT2D eigenvalue weighted by Gasteiger charge is 2.36. The van der Waals surface area contributed by atoms with E-state index in [0.29, 0.717) is 0 Å². The van der Waals surface area contributed by atoms with Crippen molar-refractivity contribution < 1.29 is 31.1 Å². The van der Waals surface area contributed by atoms with Gasteiger partial charge in [-0.1, -0.05) is 0 Å². The van der Waals surface area contributed by atoms with E-state index in [1.165, 1.54) is 4.90 Å². The second-order valence-electron chi connectivity index (χ2n) is 5.29. The molecule has 0 spiro atoms. The van der Waals surface area contributed by atoms with Crippen molar-refractivity contribution in [3.63, 3.8) is 0 Å². The second-order valence-corrected chi connectivity index (χ2v) is 6.95. The fourth-order valence-corrected chi connectivity index (χ4v) is 3.43. The molecule has 23 heavy (non-hydrogen) atoms. The summed E-state index contributed by atoms with van der Waals surface area (Å²) < 4.78 is 65.4. The molecule has 1 aliphatic rings. The van der Waals surface area contributed by atoms with Gasteiger partial charge < -0.3 is 9.64 Å². The van der Waals surface area contributed by atoms with Crippen LogP contribution >= 0.6 is 0 Å². The Labute approximate surface area is 131 Å². The van der Waals surface area contributed by atoms with Gasteiger partial charge in [0.25, 0.3) is 0 Å². The van der Waals surface area contributed by atoms with E-state index in [0.717, 1.165) is 25.3 Å². The molecule has 1 aromatic rings. The van der Waals surface area contributed by atoms with Gasteiger partial charge in [0.1, 0.15) is 5.75 Å². The maximum Gasteiger partial charge on any atom is 0.419 e. The third kappa shape index (κ3) is 4.14. The van der Waals surface area contributed by atoms with Crippen LogP contribution in [0.1, 0.15) is 12.0 Å². The number of sulfonamides is 1. The Morgan fingerprint density at radius 3 is 2.57 bits per heavy atom. The van der Waals surface area contributed by atoms with Gasteiger partial charge in [-0.2, -0.15) is 13.2 Å². The lowest BCUT2D eigenvalue weighted by molar-refractivity contribution is -0.138. The lowest BCUT2D eigenvalue weighted by Gasteiger charge is -2.19. The molecule has 0 saturated carbocycles. The fourth-order valence-electron chi connectivity index (χ4n) is 2.55. The van der Waals surface area contributed by atoms with Crippen LogP contribution in [0.4, 0.5) is 18.9 Å². The van der Waals surface area contributed by atoms with Crippen LogP contribution in [0.3, 0.4) is 0 Å². The Hall–Kier alpha value is -1.81. The van der Waals surface area contributed by atoms with E-state index in [1.54, 1.807) is 0 Å². The largest absolute Gasteiger partial charge is 0.496 e. The Bertz CT molecular complexity index is 718. The van der Waals surface area contributed by atoms with Gasteiger partial charge in [-0.25, -0.2) is 13.6 Å². The highest BCUT2D eigenvalue weighted by Crippen LogP contribution is 2.39. The molecular weight excluding hydrogens is 337 g/mol. The molecule has 2 N–H and O–H groups in total. The maximum absolute atomic E-state index is 12.8. The number of carbonyl (C=O) groups excluding carboxylic acids is 1. The van der Waals surface area contributed by atoms with Crippen molar-refractivity contribution in [1.29, 1.82) is 0 Å². The van der Waals surface area contributed by atoms with Crippen molar-refractivity contribution in [3.8, 4) is 5.75 Å². The Morgan fingerprint density at radius 1 is 1.39 bits per heavy atom. The molecule has 6 nitrogen and oxygen atoms in total. The van der Waals surface area contributed by atoms with Crippen molar-refractivity contribution in [2.45, 2.75) is 12.6 Å². The average molecular weight is 352 g/mol. The molecule has 0 aromatic heterocycles. The molecule has 10 heteroatoms. The first-order valence-corrected chi connectivity index (χ1v) is 8.29. The standard InChI is InChI=1S/C13H15F3N2O4S/c1-22-11-5-9(2-3-10(11)13(14,15)16)18-6-8(4-12(18)19)7-23(17,20)21/h2-3,5,8H,4,6-7H2,1H3,(H2,17,20,21). The quantitative estimate of drug-likeness (QED) is 0.886. The number of nitrogens with zero attached hydrogens (tertiary/aromatic N) is 1. The van der Waals surface area contributed by atoms with Crippen molar-refractivity contribution in [2.75, 3.05) is 24.3 Å². The van der Waals surface area contributed by atoms with Crippen LogP contribution in [0.2, 0.25) is 0 Å². The highest BCUT2D eigenvalue weighted by molar-refractivity contribution is 7.89. The summed E-state index contributed by atoms with van der Waals surface area (Å²) in [6.45, 7) is 0.0732. The first kappa shape index (κ1) is 17.5. The highest BCUT2D eigenvalue weighted by atomic mass is 32.2. The Kier molecular flexibility index (Phi) is 4.58. The predicted molar refractivity (Wildman–Crippen MR) is 76.4 cm³/mol. The minimum atomic E-state index is -4.57. The summed E-state index contributed by atoms with van der Waals surface area (Å²) in [5.41, 5.74) is -0.728. The van der Waals surface area contributed by atoms with Gasteiger partial charge in [-0.15, -0.1) is 0 Å². The molecule has 1 unspecified atom stereocenters. The zero-order valence-electron chi connectivity index (χ0n) is 12.1. The van der Waals surface area contributed by atoms with E-state index in [1.807, 2.05) is 0 Å². The van der Waals surface area contributed by atoms with E-state index in [4.69, 9.17) is 9.88 Å². The van der Waals surface area contributed by atoms with Crippen LogP contribution < -0.4 is 14.8 Å². The third-order valence-electron chi connectivity index (χ3n) is 3.48. The van der Waals surface area contributed by atoms with Gasteiger partial charge in [0.05, 0.1) is 18.4 Å². The number of hydrogen-bond acceptors (Lipinski definition) is 4. The van der Waals surface area contributed by atoms with Gasteiger partial charge in [0, 0.05) is 30.6 Å². The predicted octanol–water partition coefficient (Wildman–Crippen LogP) is 1.36. The molecule has 128 valence electrons. The zero-order chi connectivity index (χ0) is 17.4. The van der Waals surface area contributed by atoms with E-state index in [2.05, 4.69) is 0 Å². The SMILES string of the molecule is COc1cc(N2CC(CS(N)(=O)=O)CC2=O)ccc1C(F)(F)F. The summed E-state index contributed by atoms with van der Waals surface area (Å²) in [6, 6.07) is 3.09. The average Bonchev–Trinajstić information content (AvgIpc) is 2.75. The fraction of sp³-hybridized carbons (Fsp3) is 0.462. The summed E-state index contributed by atoms with van der Waals surface area (Å²) >= 11 is 0. The molecular formula is C13H15F3N2O4S. The number of benzene rings is 1. The number of anilines is 1. The molecule has 0 aliphatic carbocycles. The Morgan fingerprint density at radius 2 is 2.04 bits per heavy atom. The van der Waals surface area contributed by atoms with Crippen molar-refractivity contribution in [2.24, 2.45) is 11.1 Å². The van der Waals surface area contributed by atoms with Crippen LogP contribution in [0, 0.1) is 5.92 Å². The van der Waals surface area contributed by atoms with Crippen molar-refractivity contribution in [3.05, 3.63) is 23.8 Å². The van der Waals surface area contributed by atoms with Crippen LogP contribution in [-0.4, -0.2) is 33.7 Å². The number of primary sulfonamides is 1. The summed E-state index contributed by atoms with van der Waals surface area (Å²) in [4.78, 5) is 13.2. The van der Waals surface area contributed by atoms with Gasteiger partial charge >= 0.3 is 6.18 Å². The third-order valence-corrected chi connectivity index (χ3v) is 4.41. The van der Waals surface area contributed by atoms with Gasteiger partial charge in [0.2, 0.25) is 15.9 Å². The number of rotatable bonds is 4. The smallest absolute Gasteiger partial charge is 0.419 e. The number of alkyl halides is 3. The van der Waals surface area contributed by atoms with Crippen LogP contribution in [0.15, 0.2) is 18.2 Å². The molecule has 1 saturated heterocycles. The summed E-state index contributed by atoms with van der Waals surface area (Å²) in [5, 5.41) is 4.96. The van der Waals surface area contributed by atoms with Crippen molar-refractivity contribution >= 4 is 21.6 Å². The molecule has 0 radical (unpaired) electrons. The number of carbonyl (C=O) groups is 1. The number of ether oxygens (including phenoxy) is 1. The summed E-state index contributed by atoms with van der Waals surface area (Å²) in [6.07, 6.45) is -4.60. The zero-order valence-corrected chi connectivity index (χ0v) is 12.9. The molecule has 1 amide bonds. The maximum atomic E-state index is 12.8. The number of amides is 1.